The van der Waals surface area contributed by atoms with E-state index in [4.69, 9.17) is 0 Å². The molecule has 0 unspecified atom stereocenters. The van der Waals surface area contributed by atoms with Crippen molar-refractivity contribution in [3.63, 3.8) is 0 Å². The van der Waals surface area contributed by atoms with Gasteiger partial charge in [0.15, 0.2) is 0 Å². The van der Waals surface area contributed by atoms with E-state index in [0.29, 0.717) is 17.2 Å². The summed E-state index contributed by atoms with van der Waals surface area (Å²) in [6.07, 6.45) is 1.64. The van der Waals surface area contributed by atoms with Gasteiger partial charge in [-0.25, -0.2) is 9.97 Å². The lowest BCUT2D eigenvalue weighted by Gasteiger charge is -2.08. The lowest BCUT2D eigenvalue weighted by molar-refractivity contribution is 0.102. The van der Waals surface area contributed by atoms with Gasteiger partial charge in [0.05, 0.1) is 0 Å². The van der Waals surface area contributed by atoms with Crippen molar-refractivity contribution in [2.24, 2.45) is 0 Å². The highest BCUT2D eigenvalue weighted by Gasteiger charge is 2.09. The normalized spacial score (nSPS) is 10.2. The summed E-state index contributed by atoms with van der Waals surface area (Å²) >= 11 is 3.30. The zero-order valence-corrected chi connectivity index (χ0v) is 12.9. The Balaban J connectivity index is 2.18. The fourth-order valence-corrected chi connectivity index (χ4v) is 1.94. The number of anilines is 2. The van der Waals surface area contributed by atoms with Crippen molar-refractivity contribution >= 4 is 33.5 Å². The first-order valence-corrected chi connectivity index (χ1v) is 7.03. The molecule has 0 saturated heterocycles. The number of nitrogens with zero attached hydrogens (tertiary/aromatic N) is 2. The molecule has 0 aliphatic rings. The van der Waals surface area contributed by atoms with Crippen LogP contribution in [0.25, 0.3) is 0 Å². The molecule has 0 aromatic carbocycles. The van der Waals surface area contributed by atoms with Crippen LogP contribution in [0.5, 0.6) is 0 Å². The van der Waals surface area contributed by atoms with Crippen molar-refractivity contribution in [2.45, 2.75) is 13.8 Å². The minimum Gasteiger partial charge on any atom is -0.370 e. The number of halogens is 1. The monoisotopic (exact) mass is 334 g/mol. The number of carbonyl (C=O) groups excluding carboxylic acids is 1. The van der Waals surface area contributed by atoms with E-state index in [0.717, 1.165) is 16.7 Å². The number of rotatable bonds is 4. The molecule has 0 spiro atoms. The second-order valence-electron chi connectivity index (χ2n) is 4.23. The van der Waals surface area contributed by atoms with Gasteiger partial charge in [0.1, 0.15) is 11.6 Å². The van der Waals surface area contributed by atoms with Crippen LogP contribution in [0, 0.1) is 6.92 Å². The smallest absolute Gasteiger partial charge is 0.257 e. The number of aromatic nitrogens is 2. The van der Waals surface area contributed by atoms with Crippen LogP contribution in [0.1, 0.15) is 23.0 Å². The first-order valence-electron chi connectivity index (χ1n) is 6.24. The summed E-state index contributed by atoms with van der Waals surface area (Å²) in [5.41, 5.74) is 1.34. The van der Waals surface area contributed by atoms with E-state index in [2.05, 4.69) is 36.5 Å². The molecular weight excluding hydrogens is 320 g/mol. The van der Waals surface area contributed by atoms with Crippen molar-refractivity contribution in [3.05, 3.63) is 46.2 Å². The Hall–Kier alpha value is -1.95. The van der Waals surface area contributed by atoms with E-state index in [1.807, 2.05) is 19.9 Å². The molecule has 2 aromatic rings. The van der Waals surface area contributed by atoms with Gasteiger partial charge in [-0.3, -0.25) is 4.79 Å². The van der Waals surface area contributed by atoms with Gasteiger partial charge < -0.3 is 10.6 Å². The van der Waals surface area contributed by atoms with Gasteiger partial charge in [0.2, 0.25) is 0 Å². The maximum absolute atomic E-state index is 12.2. The minimum atomic E-state index is -0.204. The van der Waals surface area contributed by atoms with Crippen LogP contribution in [-0.2, 0) is 0 Å². The van der Waals surface area contributed by atoms with Crippen molar-refractivity contribution in [1.82, 2.24) is 9.97 Å². The number of amides is 1. The molecule has 6 heteroatoms. The maximum atomic E-state index is 12.2. The lowest BCUT2D eigenvalue weighted by Crippen LogP contribution is -2.14. The number of hydrogen-bond acceptors (Lipinski definition) is 4. The zero-order valence-electron chi connectivity index (χ0n) is 11.3. The molecule has 0 saturated carbocycles. The van der Waals surface area contributed by atoms with Crippen LogP contribution in [0.3, 0.4) is 0 Å². The third-order valence-corrected chi connectivity index (χ3v) is 3.01. The summed E-state index contributed by atoms with van der Waals surface area (Å²) in [7, 11) is 0. The maximum Gasteiger partial charge on any atom is 0.257 e. The summed E-state index contributed by atoms with van der Waals surface area (Å²) < 4.78 is 0.865. The van der Waals surface area contributed by atoms with Crippen LogP contribution in [-0.4, -0.2) is 22.4 Å². The molecule has 0 atom stereocenters. The standard InChI is InChI=1S/C14H15BrN4O/c1-3-16-13-7-10(6-9(2)18-13)14(20)19-12-5-4-11(15)8-17-12/h4-8H,3H2,1-2H3,(H,16,18)(H,17,19,20). The number of hydrogen-bond donors (Lipinski definition) is 2. The molecule has 2 aromatic heterocycles. The van der Waals surface area contributed by atoms with Gasteiger partial charge in [-0.15, -0.1) is 0 Å². The van der Waals surface area contributed by atoms with E-state index >= 15 is 0 Å². The summed E-state index contributed by atoms with van der Waals surface area (Å²) in [6, 6.07) is 7.03. The molecule has 20 heavy (non-hydrogen) atoms. The Kier molecular flexibility index (Phi) is 4.68. The molecule has 5 nitrogen and oxygen atoms in total. The van der Waals surface area contributed by atoms with Crippen molar-refractivity contribution in [1.29, 1.82) is 0 Å². The highest BCUT2D eigenvalue weighted by molar-refractivity contribution is 9.10. The molecule has 1 amide bonds. The third kappa shape index (κ3) is 3.77. The van der Waals surface area contributed by atoms with Gasteiger partial charge in [0, 0.05) is 28.5 Å². The minimum absolute atomic E-state index is 0.204. The van der Waals surface area contributed by atoms with Crippen molar-refractivity contribution in [3.8, 4) is 0 Å². The molecular formula is C14H15BrN4O. The van der Waals surface area contributed by atoms with Crippen molar-refractivity contribution in [2.75, 3.05) is 17.2 Å². The Bertz CT molecular complexity index is 613. The summed E-state index contributed by atoms with van der Waals surface area (Å²) in [5.74, 6) is 1.00. The molecule has 2 rings (SSSR count). The first-order chi connectivity index (χ1) is 9.58. The zero-order chi connectivity index (χ0) is 14.5. The topological polar surface area (TPSA) is 66.9 Å². The van der Waals surface area contributed by atoms with Crippen LogP contribution in [0.2, 0.25) is 0 Å². The van der Waals surface area contributed by atoms with Crippen LogP contribution in [0.4, 0.5) is 11.6 Å². The number of carbonyl (C=O) groups is 1. The molecule has 0 aliphatic heterocycles. The average molecular weight is 335 g/mol. The second kappa shape index (κ2) is 6.47. The number of aryl methyl sites for hydroxylation is 1. The van der Waals surface area contributed by atoms with E-state index in [1.54, 1.807) is 24.4 Å². The van der Waals surface area contributed by atoms with Crippen LogP contribution in [0.15, 0.2) is 34.9 Å². The van der Waals surface area contributed by atoms with E-state index in [-0.39, 0.29) is 5.91 Å². The van der Waals surface area contributed by atoms with Gasteiger partial charge in [-0.1, -0.05) is 0 Å². The largest absolute Gasteiger partial charge is 0.370 e. The van der Waals surface area contributed by atoms with E-state index in [1.165, 1.54) is 0 Å². The average Bonchev–Trinajstić information content (AvgIpc) is 2.41. The van der Waals surface area contributed by atoms with E-state index < -0.39 is 0 Å². The van der Waals surface area contributed by atoms with Crippen molar-refractivity contribution < 1.29 is 4.79 Å². The van der Waals surface area contributed by atoms with Gasteiger partial charge in [-0.05, 0) is 54.0 Å². The van der Waals surface area contributed by atoms with Gasteiger partial charge in [0.25, 0.3) is 5.91 Å². The quantitative estimate of drug-likeness (QED) is 0.900. The second-order valence-corrected chi connectivity index (χ2v) is 5.14. The molecule has 2 heterocycles. The highest BCUT2D eigenvalue weighted by atomic mass is 79.9. The molecule has 0 bridgehead atoms. The fraction of sp³-hybridized carbons (Fsp3) is 0.214. The summed E-state index contributed by atoms with van der Waals surface area (Å²) in [6.45, 7) is 4.59. The molecule has 2 N–H and O–H groups in total. The summed E-state index contributed by atoms with van der Waals surface area (Å²) in [4.78, 5) is 20.6. The Labute approximate surface area is 126 Å². The molecule has 0 radical (unpaired) electrons. The van der Waals surface area contributed by atoms with Gasteiger partial charge in [-0.2, -0.15) is 0 Å². The first kappa shape index (κ1) is 14.5. The lowest BCUT2D eigenvalue weighted by atomic mass is 10.2. The molecule has 104 valence electrons. The van der Waals surface area contributed by atoms with Crippen LogP contribution >= 0.6 is 15.9 Å². The predicted octanol–water partition coefficient (Wildman–Crippen LogP) is 3.23. The SMILES string of the molecule is CCNc1cc(C(=O)Nc2ccc(Br)cn2)cc(C)n1. The number of pyridine rings is 2. The van der Waals surface area contributed by atoms with Crippen LogP contribution < -0.4 is 10.6 Å². The fourth-order valence-electron chi connectivity index (χ4n) is 1.71. The Morgan fingerprint density at radius 2 is 2.10 bits per heavy atom. The summed E-state index contributed by atoms with van der Waals surface area (Å²) in [5, 5.41) is 5.86. The van der Waals surface area contributed by atoms with E-state index in [9.17, 15) is 4.79 Å². The number of nitrogens with one attached hydrogen (secondary N) is 2. The Morgan fingerprint density at radius 3 is 2.75 bits per heavy atom. The highest BCUT2D eigenvalue weighted by Crippen LogP contribution is 2.14. The molecule has 0 aliphatic carbocycles. The van der Waals surface area contributed by atoms with Gasteiger partial charge >= 0.3 is 0 Å². The molecule has 0 fully saturated rings. The third-order valence-electron chi connectivity index (χ3n) is 2.54. The Morgan fingerprint density at radius 1 is 1.30 bits per heavy atom. The predicted molar refractivity (Wildman–Crippen MR) is 83.0 cm³/mol.